The molecular weight excluding hydrogens is 803 g/mol. The number of nitrogens with one attached hydrogen (secondary N) is 1. The van der Waals surface area contributed by atoms with Crippen LogP contribution in [0.25, 0.3) is 0 Å². The summed E-state index contributed by atoms with van der Waals surface area (Å²) in [6.45, 7) is 3.87. The van der Waals surface area contributed by atoms with Crippen LogP contribution in [0.5, 0.6) is 0 Å². The monoisotopic (exact) mass is 910 g/mol. The molecule has 1 fully saturated rings. The second-order valence-corrected chi connectivity index (χ2v) is 19.7. The zero-order valence-electron chi connectivity index (χ0n) is 42.1. The standard InChI is InChI=1S/C55H107NO8/c1-3-5-7-9-11-13-15-17-19-21-23-25-26-28-30-32-34-36-38-40-42-44-49(58)48(47-63-55-54(62)53(61)52(60)50(46-57)64-55)56-51(59)45-43-41-39-37-35-33-31-29-27-24-22-20-18-16-14-12-10-8-6-4-2/h24,27,48-50,52-55,57-58,60-62H,3-23,25-26,28-47H2,1-2H3,(H,56,59)/b27-24-. The van der Waals surface area contributed by atoms with E-state index in [1.807, 2.05) is 0 Å². The summed E-state index contributed by atoms with van der Waals surface area (Å²) in [6.07, 6.45) is 48.0. The fraction of sp³-hybridized carbons (Fsp3) is 0.945. The normalized spacial score (nSPS) is 20.0. The molecule has 64 heavy (non-hydrogen) atoms. The van der Waals surface area contributed by atoms with Gasteiger partial charge in [-0.1, -0.05) is 244 Å². The number of rotatable bonds is 48. The van der Waals surface area contributed by atoms with E-state index in [-0.39, 0.29) is 12.5 Å². The average Bonchev–Trinajstić information content (AvgIpc) is 3.29. The van der Waals surface area contributed by atoms with Gasteiger partial charge in [-0.2, -0.15) is 0 Å². The number of hydrogen-bond acceptors (Lipinski definition) is 8. The Morgan fingerprint density at radius 1 is 0.516 bits per heavy atom. The third kappa shape index (κ3) is 35.1. The van der Waals surface area contributed by atoms with E-state index in [2.05, 4.69) is 31.3 Å². The van der Waals surface area contributed by atoms with Crippen LogP contribution < -0.4 is 5.32 Å². The molecule has 9 heteroatoms. The Balaban J connectivity index is 2.23. The molecule has 6 N–H and O–H groups in total. The van der Waals surface area contributed by atoms with Gasteiger partial charge in [-0.3, -0.25) is 4.79 Å². The van der Waals surface area contributed by atoms with Gasteiger partial charge in [-0.15, -0.1) is 0 Å². The minimum absolute atomic E-state index is 0.136. The van der Waals surface area contributed by atoms with Crippen molar-refractivity contribution in [2.45, 2.75) is 320 Å². The van der Waals surface area contributed by atoms with Crippen LogP contribution in [0, 0.1) is 0 Å². The van der Waals surface area contributed by atoms with E-state index in [0.717, 1.165) is 38.5 Å². The molecule has 0 aromatic rings. The maximum atomic E-state index is 13.1. The second-order valence-electron chi connectivity index (χ2n) is 19.7. The second kappa shape index (κ2) is 45.7. The molecule has 1 aliphatic rings. The summed E-state index contributed by atoms with van der Waals surface area (Å²) in [5.41, 5.74) is 0. The third-order valence-corrected chi connectivity index (χ3v) is 13.6. The predicted molar refractivity (Wildman–Crippen MR) is 267 cm³/mol. The molecule has 0 spiro atoms. The molecule has 1 aliphatic heterocycles. The molecule has 1 rings (SSSR count). The first-order valence-electron chi connectivity index (χ1n) is 27.9. The van der Waals surface area contributed by atoms with Crippen LogP contribution in [0.2, 0.25) is 0 Å². The first kappa shape index (κ1) is 60.9. The van der Waals surface area contributed by atoms with E-state index in [9.17, 15) is 30.3 Å². The maximum Gasteiger partial charge on any atom is 0.220 e. The Bertz CT molecular complexity index is 1010. The van der Waals surface area contributed by atoms with Crippen LogP contribution in [0.1, 0.15) is 277 Å². The SMILES string of the molecule is CCCCCCCCCCC/C=C\CCCCCCCCCC(=O)NC(COC1OC(CO)C(O)C(O)C1O)C(O)CCCCCCCCCCCCCCCCCCCCCCC. The number of amides is 1. The molecule has 0 aromatic heterocycles. The molecule has 0 bridgehead atoms. The number of aliphatic hydroxyl groups is 5. The molecule has 7 atom stereocenters. The lowest BCUT2D eigenvalue weighted by Crippen LogP contribution is -2.60. The highest BCUT2D eigenvalue weighted by atomic mass is 16.7. The van der Waals surface area contributed by atoms with Crippen LogP contribution >= 0.6 is 0 Å². The zero-order valence-corrected chi connectivity index (χ0v) is 42.1. The van der Waals surface area contributed by atoms with Crippen molar-refractivity contribution in [3.8, 4) is 0 Å². The van der Waals surface area contributed by atoms with Crippen molar-refractivity contribution in [3.05, 3.63) is 12.2 Å². The van der Waals surface area contributed by atoms with Gasteiger partial charge < -0.3 is 40.3 Å². The highest BCUT2D eigenvalue weighted by Crippen LogP contribution is 2.23. The highest BCUT2D eigenvalue weighted by molar-refractivity contribution is 5.76. The molecular formula is C55H107NO8. The molecule has 1 heterocycles. The van der Waals surface area contributed by atoms with Crippen molar-refractivity contribution < 1.29 is 39.8 Å². The van der Waals surface area contributed by atoms with Crippen molar-refractivity contribution in [2.75, 3.05) is 13.2 Å². The maximum absolute atomic E-state index is 13.1. The van der Waals surface area contributed by atoms with Gasteiger partial charge in [0.05, 0.1) is 25.4 Å². The number of unbranched alkanes of at least 4 members (excludes halogenated alkanes) is 36. The zero-order chi connectivity index (χ0) is 46.6. The largest absolute Gasteiger partial charge is 0.394 e. The lowest BCUT2D eigenvalue weighted by atomic mass is 9.99. The molecule has 1 amide bonds. The molecule has 0 radical (unpaired) electrons. The fourth-order valence-electron chi connectivity index (χ4n) is 9.16. The van der Waals surface area contributed by atoms with Gasteiger partial charge in [0.1, 0.15) is 24.4 Å². The highest BCUT2D eigenvalue weighted by Gasteiger charge is 2.44. The summed E-state index contributed by atoms with van der Waals surface area (Å²) in [5, 5.41) is 54.6. The Labute approximate surface area is 395 Å². The van der Waals surface area contributed by atoms with Gasteiger partial charge in [0.25, 0.3) is 0 Å². The van der Waals surface area contributed by atoms with Crippen molar-refractivity contribution >= 4 is 5.91 Å². The van der Waals surface area contributed by atoms with Crippen molar-refractivity contribution in [2.24, 2.45) is 0 Å². The van der Waals surface area contributed by atoms with Gasteiger partial charge in [0.2, 0.25) is 5.91 Å². The Morgan fingerprint density at radius 2 is 0.875 bits per heavy atom. The summed E-state index contributed by atoms with van der Waals surface area (Å²) >= 11 is 0. The van der Waals surface area contributed by atoms with E-state index in [0.29, 0.717) is 12.8 Å². The van der Waals surface area contributed by atoms with Crippen molar-refractivity contribution in [3.63, 3.8) is 0 Å². The minimum Gasteiger partial charge on any atom is -0.394 e. The topological polar surface area (TPSA) is 149 Å². The van der Waals surface area contributed by atoms with E-state index in [4.69, 9.17) is 9.47 Å². The van der Waals surface area contributed by atoms with Crippen LogP contribution in [0.15, 0.2) is 12.2 Å². The van der Waals surface area contributed by atoms with Crippen LogP contribution in [-0.4, -0.2) is 87.5 Å². The third-order valence-electron chi connectivity index (χ3n) is 13.6. The fourth-order valence-corrected chi connectivity index (χ4v) is 9.16. The summed E-state index contributed by atoms with van der Waals surface area (Å²) < 4.78 is 11.3. The smallest absolute Gasteiger partial charge is 0.220 e. The van der Waals surface area contributed by atoms with Crippen LogP contribution in [0.4, 0.5) is 0 Å². The first-order valence-corrected chi connectivity index (χ1v) is 27.9. The molecule has 0 aromatic carbocycles. The number of carbonyl (C=O) groups is 1. The lowest BCUT2D eigenvalue weighted by molar-refractivity contribution is -0.302. The summed E-state index contributed by atoms with van der Waals surface area (Å²) in [5.74, 6) is -0.144. The quantitative estimate of drug-likeness (QED) is 0.0261. The molecule has 1 saturated heterocycles. The molecule has 9 nitrogen and oxygen atoms in total. The predicted octanol–water partition coefficient (Wildman–Crippen LogP) is 13.2. The van der Waals surface area contributed by atoms with Crippen molar-refractivity contribution in [1.82, 2.24) is 5.32 Å². The number of aliphatic hydroxyl groups excluding tert-OH is 5. The molecule has 7 unspecified atom stereocenters. The van der Waals surface area contributed by atoms with Gasteiger partial charge in [0.15, 0.2) is 6.29 Å². The van der Waals surface area contributed by atoms with Gasteiger partial charge in [-0.05, 0) is 38.5 Å². The Kier molecular flexibility index (Phi) is 43.5. The minimum atomic E-state index is -1.55. The summed E-state index contributed by atoms with van der Waals surface area (Å²) in [7, 11) is 0. The van der Waals surface area contributed by atoms with E-state index in [1.54, 1.807) is 0 Å². The number of ether oxygens (including phenoxy) is 2. The Hall–Kier alpha value is -1.07. The van der Waals surface area contributed by atoms with E-state index >= 15 is 0 Å². The summed E-state index contributed by atoms with van der Waals surface area (Å²) in [6, 6.07) is -0.718. The van der Waals surface area contributed by atoms with E-state index in [1.165, 1.54) is 212 Å². The Morgan fingerprint density at radius 3 is 1.27 bits per heavy atom. The summed E-state index contributed by atoms with van der Waals surface area (Å²) in [4.78, 5) is 13.1. The van der Waals surface area contributed by atoms with E-state index < -0.39 is 49.5 Å². The van der Waals surface area contributed by atoms with Crippen LogP contribution in [0.3, 0.4) is 0 Å². The number of allylic oxidation sites excluding steroid dienone is 2. The first-order chi connectivity index (χ1) is 31.3. The molecule has 0 saturated carbocycles. The van der Waals surface area contributed by atoms with Gasteiger partial charge >= 0.3 is 0 Å². The van der Waals surface area contributed by atoms with Gasteiger partial charge in [-0.25, -0.2) is 0 Å². The molecule has 380 valence electrons. The number of carbonyl (C=O) groups excluding carboxylic acids is 1. The van der Waals surface area contributed by atoms with Gasteiger partial charge in [0, 0.05) is 6.42 Å². The van der Waals surface area contributed by atoms with Crippen LogP contribution in [-0.2, 0) is 14.3 Å². The van der Waals surface area contributed by atoms with Crippen molar-refractivity contribution in [1.29, 1.82) is 0 Å². The average molecular weight is 910 g/mol. The molecule has 0 aliphatic carbocycles. The lowest BCUT2D eigenvalue weighted by Gasteiger charge is -2.40. The number of hydrogen-bond donors (Lipinski definition) is 6.